The van der Waals surface area contributed by atoms with E-state index in [4.69, 9.17) is 4.74 Å². The summed E-state index contributed by atoms with van der Waals surface area (Å²) in [7, 11) is 1.55. The number of nitrogens with one attached hydrogen (secondary N) is 1. The Morgan fingerprint density at radius 2 is 1.90 bits per heavy atom. The molecule has 2 amide bonds. The maximum absolute atomic E-state index is 12.9. The van der Waals surface area contributed by atoms with Crippen molar-refractivity contribution in [3.63, 3.8) is 0 Å². The van der Waals surface area contributed by atoms with Gasteiger partial charge >= 0.3 is 0 Å². The largest absolute Gasteiger partial charge is 0.375 e. The Labute approximate surface area is 172 Å². The van der Waals surface area contributed by atoms with E-state index >= 15 is 0 Å². The second-order valence-electron chi connectivity index (χ2n) is 8.67. The lowest BCUT2D eigenvalue weighted by atomic mass is 9.78. The molecule has 2 saturated heterocycles. The molecule has 3 aliphatic rings. The topological polar surface area (TPSA) is 81.8 Å². The Kier molecular flexibility index (Phi) is 5.92. The SMILES string of the molecule is COCC(=O)N1CCc2[nH]cnc2C12CCN(C(=O)C[C@@H](C)N1CCCC1)CC2. The van der Waals surface area contributed by atoms with Gasteiger partial charge in [-0.2, -0.15) is 0 Å². The van der Waals surface area contributed by atoms with E-state index in [1.807, 2.05) is 9.80 Å². The van der Waals surface area contributed by atoms with Gasteiger partial charge in [0.2, 0.25) is 11.8 Å². The third-order valence-electron chi connectivity index (χ3n) is 7.01. The average molecular weight is 404 g/mol. The molecule has 8 heteroatoms. The van der Waals surface area contributed by atoms with Crippen molar-refractivity contribution in [3.05, 3.63) is 17.7 Å². The van der Waals surface area contributed by atoms with Gasteiger partial charge < -0.3 is 24.4 Å². The lowest BCUT2D eigenvalue weighted by Crippen LogP contribution is -2.59. The monoisotopic (exact) mass is 403 g/mol. The van der Waals surface area contributed by atoms with Crippen molar-refractivity contribution in [2.75, 3.05) is 46.4 Å². The molecule has 0 bridgehead atoms. The second-order valence-corrected chi connectivity index (χ2v) is 8.67. The van der Waals surface area contributed by atoms with Crippen LogP contribution in [0.4, 0.5) is 0 Å². The summed E-state index contributed by atoms with van der Waals surface area (Å²) >= 11 is 0. The summed E-state index contributed by atoms with van der Waals surface area (Å²) in [5.41, 5.74) is 1.67. The molecule has 1 atom stereocenters. The van der Waals surface area contributed by atoms with Crippen molar-refractivity contribution >= 4 is 11.8 Å². The van der Waals surface area contributed by atoms with E-state index in [2.05, 4.69) is 21.8 Å². The predicted octanol–water partition coefficient (Wildman–Crippen LogP) is 1.13. The number of piperidine rings is 1. The lowest BCUT2D eigenvalue weighted by Gasteiger charge is -2.50. The van der Waals surface area contributed by atoms with Gasteiger partial charge in [-0.1, -0.05) is 0 Å². The summed E-state index contributed by atoms with van der Waals surface area (Å²) in [5, 5.41) is 0. The molecular weight excluding hydrogens is 370 g/mol. The number of amides is 2. The quantitative estimate of drug-likeness (QED) is 0.797. The van der Waals surface area contributed by atoms with Crippen LogP contribution < -0.4 is 0 Å². The van der Waals surface area contributed by atoms with E-state index in [0.29, 0.717) is 32.1 Å². The fraction of sp³-hybridized carbons (Fsp3) is 0.762. The van der Waals surface area contributed by atoms with Crippen molar-refractivity contribution in [1.29, 1.82) is 0 Å². The third-order valence-corrected chi connectivity index (χ3v) is 7.01. The summed E-state index contributed by atoms with van der Waals surface area (Å²) in [6, 6.07) is 0.299. The highest BCUT2D eigenvalue weighted by atomic mass is 16.5. The molecule has 3 aliphatic heterocycles. The zero-order chi connectivity index (χ0) is 20.4. The number of likely N-dealkylation sites (tertiary alicyclic amines) is 2. The van der Waals surface area contributed by atoms with E-state index in [1.165, 1.54) is 12.8 Å². The summed E-state index contributed by atoms with van der Waals surface area (Å²) in [6.07, 6.45) is 7.01. The van der Waals surface area contributed by atoms with E-state index in [-0.39, 0.29) is 18.4 Å². The van der Waals surface area contributed by atoms with E-state index in [9.17, 15) is 9.59 Å². The van der Waals surface area contributed by atoms with Crippen LogP contribution in [-0.4, -0.2) is 89.0 Å². The number of carbonyl (C=O) groups excluding carboxylic acids is 2. The van der Waals surface area contributed by atoms with Crippen molar-refractivity contribution in [2.24, 2.45) is 0 Å². The Bertz CT molecular complexity index is 734. The lowest BCUT2D eigenvalue weighted by molar-refractivity contribution is -0.148. The zero-order valence-corrected chi connectivity index (χ0v) is 17.7. The minimum atomic E-state index is -0.430. The fourth-order valence-corrected chi connectivity index (χ4v) is 5.37. The van der Waals surface area contributed by atoms with Crippen LogP contribution in [0.25, 0.3) is 0 Å². The Hall–Kier alpha value is -1.93. The third kappa shape index (κ3) is 3.80. The standard InChI is InChI=1S/C21H33N5O3/c1-16(24-8-3-4-9-24)13-18(27)25-11-6-21(7-12-25)20-17(22-15-23-20)5-10-26(21)19(28)14-29-2/h15-16H,3-14H2,1-2H3,(H,22,23)/t16-/m1/s1. The Balaban J connectivity index is 1.45. The van der Waals surface area contributed by atoms with Crippen LogP contribution in [0.3, 0.4) is 0 Å². The number of H-pyrrole nitrogens is 1. The van der Waals surface area contributed by atoms with Gasteiger partial charge in [0, 0.05) is 51.3 Å². The summed E-state index contributed by atoms with van der Waals surface area (Å²) < 4.78 is 5.12. The normalized spacial score (nSPS) is 22.7. The Morgan fingerprint density at radius 3 is 2.59 bits per heavy atom. The fourth-order valence-electron chi connectivity index (χ4n) is 5.37. The van der Waals surface area contributed by atoms with Crippen LogP contribution in [0.5, 0.6) is 0 Å². The highest BCUT2D eigenvalue weighted by Gasteiger charge is 2.49. The molecular formula is C21H33N5O3. The molecule has 0 aliphatic carbocycles. The summed E-state index contributed by atoms with van der Waals surface area (Å²) in [5.74, 6) is 0.232. The number of ether oxygens (including phenoxy) is 1. The number of rotatable bonds is 5. The van der Waals surface area contributed by atoms with Gasteiger partial charge in [0.25, 0.3) is 0 Å². The first kappa shape index (κ1) is 20.3. The van der Waals surface area contributed by atoms with Crippen molar-refractivity contribution < 1.29 is 14.3 Å². The van der Waals surface area contributed by atoms with Crippen molar-refractivity contribution in [1.82, 2.24) is 24.7 Å². The van der Waals surface area contributed by atoms with Crippen molar-refractivity contribution in [3.8, 4) is 0 Å². The van der Waals surface area contributed by atoms with Gasteiger partial charge in [0.05, 0.1) is 17.6 Å². The number of hydrogen-bond acceptors (Lipinski definition) is 5. The zero-order valence-electron chi connectivity index (χ0n) is 17.7. The molecule has 0 radical (unpaired) electrons. The molecule has 0 aromatic carbocycles. The van der Waals surface area contributed by atoms with Crippen LogP contribution in [0.1, 0.15) is 50.4 Å². The Morgan fingerprint density at radius 1 is 1.17 bits per heavy atom. The first-order valence-electron chi connectivity index (χ1n) is 10.9. The molecule has 4 heterocycles. The number of imidazole rings is 1. The van der Waals surface area contributed by atoms with Gasteiger partial charge in [-0.25, -0.2) is 4.98 Å². The van der Waals surface area contributed by atoms with E-state index in [0.717, 1.165) is 43.7 Å². The molecule has 1 N–H and O–H groups in total. The molecule has 1 aromatic rings. The molecule has 0 saturated carbocycles. The molecule has 0 unspecified atom stereocenters. The van der Waals surface area contributed by atoms with Crippen LogP contribution in [0, 0.1) is 0 Å². The number of fused-ring (bicyclic) bond motifs is 2. The highest BCUT2D eigenvalue weighted by molar-refractivity contribution is 5.79. The van der Waals surface area contributed by atoms with Crippen molar-refractivity contribution in [2.45, 2.75) is 57.0 Å². The second kappa shape index (κ2) is 8.44. The average Bonchev–Trinajstić information content (AvgIpc) is 3.41. The minimum Gasteiger partial charge on any atom is -0.375 e. The van der Waals surface area contributed by atoms with Crippen LogP contribution >= 0.6 is 0 Å². The molecule has 8 nitrogen and oxygen atoms in total. The maximum atomic E-state index is 12.9. The number of nitrogens with zero attached hydrogens (tertiary/aromatic N) is 4. The molecule has 160 valence electrons. The van der Waals surface area contributed by atoms with E-state index < -0.39 is 5.54 Å². The molecule has 2 fully saturated rings. The van der Waals surface area contributed by atoms with Gasteiger partial charge in [0.15, 0.2) is 0 Å². The predicted molar refractivity (Wildman–Crippen MR) is 108 cm³/mol. The minimum absolute atomic E-state index is 0.00332. The van der Waals surface area contributed by atoms with Crippen LogP contribution in [0.2, 0.25) is 0 Å². The van der Waals surface area contributed by atoms with Crippen LogP contribution in [0.15, 0.2) is 6.33 Å². The molecule has 4 rings (SSSR count). The summed E-state index contributed by atoms with van der Waals surface area (Å²) in [6.45, 7) is 6.45. The molecule has 29 heavy (non-hydrogen) atoms. The molecule has 1 aromatic heterocycles. The maximum Gasteiger partial charge on any atom is 0.249 e. The van der Waals surface area contributed by atoms with E-state index in [1.54, 1.807) is 13.4 Å². The number of carbonyl (C=O) groups is 2. The smallest absolute Gasteiger partial charge is 0.249 e. The number of methoxy groups -OCH3 is 1. The number of aromatic amines is 1. The van der Waals surface area contributed by atoms with Gasteiger partial charge in [-0.3, -0.25) is 9.59 Å². The van der Waals surface area contributed by atoms with Gasteiger partial charge in [-0.05, 0) is 45.7 Å². The number of aromatic nitrogens is 2. The first-order valence-corrected chi connectivity index (χ1v) is 10.9. The van der Waals surface area contributed by atoms with Crippen LogP contribution in [-0.2, 0) is 26.3 Å². The highest BCUT2D eigenvalue weighted by Crippen LogP contribution is 2.42. The first-order chi connectivity index (χ1) is 14.0. The summed E-state index contributed by atoms with van der Waals surface area (Å²) in [4.78, 5) is 39.9. The van der Waals surface area contributed by atoms with Gasteiger partial charge in [-0.15, -0.1) is 0 Å². The van der Waals surface area contributed by atoms with Gasteiger partial charge in [0.1, 0.15) is 6.61 Å². The number of hydrogen-bond donors (Lipinski definition) is 1. The molecule has 1 spiro atoms.